The Morgan fingerprint density at radius 3 is 2.17 bits per heavy atom. The molecule has 0 aliphatic rings. The number of halogens is 2. The van der Waals surface area contributed by atoms with Crippen molar-refractivity contribution in [1.82, 2.24) is 0 Å². The minimum Gasteiger partial charge on any atom is -0.506 e. The molecule has 4 aromatic rings. The van der Waals surface area contributed by atoms with Gasteiger partial charge in [0.05, 0.1) is 0 Å². The Morgan fingerprint density at radius 1 is 0.708 bits per heavy atom. The van der Waals surface area contributed by atoms with Gasteiger partial charge in [0, 0.05) is 21.2 Å². The lowest BCUT2D eigenvalue weighted by atomic mass is 10.1. The second kappa shape index (κ2) is 5.90. The van der Waals surface area contributed by atoms with Gasteiger partial charge < -0.3 is 9.84 Å². The second-order valence-corrected chi connectivity index (χ2v) is 6.24. The van der Waals surface area contributed by atoms with Crippen molar-refractivity contribution in [1.29, 1.82) is 0 Å². The zero-order valence-corrected chi connectivity index (χ0v) is 14.0. The number of phenolic OH excluding ortho intramolecular Hbond substituents is 1. The van der Waals surface area contributed by atoms with Gasteiger partial charge in [-0.15, -0.1) is 0 Å². The van der Waals surface area contributed by atoms with Gasteiger partial charge in [-0.1, -0.05) is 71.7 Å². The Kier molecular flexibility index (Phi) is 3.72. The van der Waals surface area contributed by atoms with Crippen molar-refractivity contribution in [2.45, 2.75) is 0 Å². The molecule has 0 heterocycles. The number of hydrogen-bond donors (Lipinski definition) is 1. The number of phenols is 1. The molecule has 0 bridgehead atoms. The Hall–Kier alpha value is -2.42. The molecule has 24 heavy (non-hydrogen) atoms. The van der Waals surface area contributed by atoms with E-state index in [9.17, 15) is 5.11 Å². The molecule has 118 valence electrons. The summed E-state index contributed by atoms with van der Waals surface area (Å²) < 4.78 is 6.02. The van der Waals surface area contributed by atoms with Crippen molar-refractivity contribution in [2.75, 3.05) is 0 Å². The Labute approximate surface area is 148 Å². The van der Waals surface area contributed by atoms with Crippen LogP contribution < -0.4 is 4.74 Å². The third-order valence-electron chi connectivity index (χ3n) is 3.98. The van der Waals surface area contributed by atoms with Crippen LogP contribution in [0.2, 0.25) is 10.0 Å². The molecule has 0 aromatic heterocycles. The van der Waals surface area contributed by atoms with Crippen molar-refractivity contribution < 1.29 is 9.84 Å². The molecule has 0 fully saturated rings. The highest BCUT2D eigenvalue weighted by Gasteiger charge is 2.14. The quantitative estimate of drug-likeness (QED) is 0.429. The van der Waals surface area contributed by atoms with Gasteiger partial charge in [-0.3, -0.25) is 0 Å². The molecule has 0 unspecified atom stereocenters. The summed E-state index contributed by atoms with van der Waals surface area (Å²) in [5, 5.41) is 14.5. The lowest BCUT2D eigenvalue weighted by Gasteiger charge is -2.13. The summed E-state index contributed by atoms with van der Waals surface area (Å²) in [6.45, 7) is 0. The van der Waals surface area contributed by atoms with E-state index in [2.05, 4.69) is 0 Å². The fraction of sp³-hybridized carbons (Fsp3) is 0. The van der Waals surface area contributed by atoms with Crippen LogP contribution in [0.25, 0.3) is 21.5 Å². The van der Waals surface area contributed by atoms with E-state index < -0.39 is 0 Å². The number of benzene rings is 4. The summed E-state index contributed by atoms with van der Waals surface area (Å²) in [6.07, 6.45) is 0. The standard InChI is InChI=1S/C20H12Cl2O2/c21-16-9-10-17(15-8-4-3-7-14(15)16)24-18-11-12-5-1-2-6-13(12)20(23)19(18)22/h1-11,23H. The smallest absolute Gasteiger partial charge is 0.150 e. The molecule has 0 radical (unpaired) electrons. The molecule has 0 amide bonds. The van der Waals surface area contributed by atoms with Gasteiger partial charge in [-0.25, -0.2) is 0 Å². The van der Waals surface area contributed by atoms with Gasteiger partial charge in [0.1, 0.15) is 22.3 Å². The molecule has 0 atom stereocenters. The molecule has 1 N–H and O–H groups in total. The zero-order chi connectivity index (χ0) is 16.7. The van der Waals surface area contributed by atoms with Crippen molar-refractivity contribution in [3.8, 4) is 17.2 Å². The fourth-order valence-corrected chi connectivity index (χ4v) is 3.22. The highest BCUT2D eigenvalue weighted by Crippen LogP contribution is 2.43. The van der Waals surface area contributed by atoms with E-state index in [1.165, 1.54) is 0 Å². The number of rotatable bonds is 2. The summed E-state index contributed by atoms with van der Waals surface area (Å²) in [6, 6.07) is 20.6. The predicted molar refractivity (Wildman–Crippen MR) is 99.7 cm³/mol. The molecule has 0 saturated carbocycles. The topological polar surface area (TPSA) is 29.5 Å². The highest BCUT2D eigenvalue weighted by atomic mass is 35.5. The molecular formula is C20H12Cl2O2. The first-order chi connectivity index (χ1) is 11.6. The Morgan fingerprint density at radius 2 is 1.38 bits per heavy atom. The van der Waals surface area contributed by atoms with Crippen molar-refractivity contribution >= 4 is 44.7 Å². The maximum atomic E-state index is 10.3. The number of hydrogen-bond acceptors (Lipinski definition) is 2. The highest BCUT2D eigenvalue weighted by molar-refractivity contribution is 6.36. The molecule has 4 heteroatoms. The molecule has 0 aliphatic heterocycles. The van der Waals surface area contributed by atoms with Gasteiger partial charge >= 0.3 is 0 Å². The van der Waals surface area contributed by atoms with Crippen molar-refractivity contribution in [3.05, 3.63) is 76.8 Å². The molecule has 0 aliphatic carbocycles. The minimum atomic E-state index is 0.0167. The fourth-order valence-electron chi connectivity index (χ4n) is 2.79. The second-order valence-electron chi connectivity index (χ2n) is 5.45. The summed E-state index contributed by atoms with van der Waals surface area (Å²) >= 11 is 12.5. The van der Waals surface area contributed by atoms with Gasteiger partial charge in [0.25, 0.3) is 0 Å². The number of ether oxygens (including phenoxy) is 1. The summed E-state index contributed by atoms with van der Waals surface area (Å²) in [5.41, 5.74) is 0. The normalized spacial score (nSPS) is 11.1. The minimum absolute atomic E-state index is 0.0167. The van der Waals surface area contributed by atoms with Crippen molar-refractivity contribution in [3.63, 3.8) is 0 Å². The first kappa shape index (κ1) is 15.1. The van der Waals surface area contributed by atoms with E-state index in [1.807, 2.05) is 54.6 Å². The molecule has 4 aromatic carbocycles. The lowest BCUT2D eigenvalue weighted by Crippen LogP contribution is -1.89. The van der Waals surface area contributed by atoms with Crippen LogP contribution >= 0.6 is 23.2 Å². The molecule has 0 saturated heterocycles. The van der Waals surface area contributed by atoms with Crippen molar-refractivity contribution in [2.24, 2.45) is 0 Å². The van der Waals surface area contributed by atoms with E-state index in [4.69, 9.17) is 27.9 Å². The van der Waals surface area contributed by atoms with Crippen LogP contribution in [0.5, 0.6) is 17.2 Å². The van der Waals surface area contributed by atoms with Crippen LogP contribution in [0.3, 0.4) is 0 Å². The van der Waals surface area contributed by atoms with E-state index in [1.54, 1.807) is 12.1 Å². The van der Waals surface area contributed by atoms with E-state index in [-0.39, 0.29) is 10.8 Å². The monoisotopic (exact) mass is 354 g/mol. The zero-order valence-electron chi connectivity index (χ0n) is 12.5. The Bertz CT molecular complexity index is 1070. The maximum Gasteiger partial charge on any atom is 0.150 e. The van der Waals surface area contributed by atoms with Gasteiger partial charge in [0.15, 0.2) is 0 Å². The average Bonchev–Trinajstić information content (AvgIpc) is 2.62. The van der Waals surface area contributed by atoms with Crippen LogP contribution in [0.1, 0.15) is 0 Å². The van der Waals surface area contributed by atoms with Crippen LogP contribution in [0, 0.1) is 0 Å². The van der Waals surface area contributed by atoms with E-state index in [0.717, 1.165) is 16.2 Å². The molecule has 0 spiro atoms. The third-order valence-corrected chi connectivity index (χ3v) is 4.67. The number of aromatic hydroxyl groups is 1. The summed E-state index contributed by atoms with van der Waals surface area (Å²) in [4.78, 5) is 0. The first-order valence-electron chi connectivity index (χ1n) is 7.40. The summed E-state index contributed by atoms with van der Waals surface area (Å²) in [7, 11) is 0. The molecule has 2 nitrogen and oxygen atoms in total. The average molecular weight is 355 g/mol. The van der Waals surface area contributed by atoms with Crippen LogP contribution in [-0.2, 0) is 0 Å². The predicted octanol–water partition coefficient (Wildman–Crippen LogP) is 6.80. The number of fused-ring (bicyclic) bond motifs is 2. The maximum absolute atomic E-state index is 10.3. The van der Waals surface area contributed by atoms with E-state index >= 15 is 0 Å². The summed E-state index contributed by atoms with van der Waals surface area (Å²) in [5.74, 6) is 1.05. The molecule has 4 rings (SSSR count). The van der Waals surface area contributed by atoms with Crippen LogP contribution in [-0.4, -0.2) is 5.11 Å². The SMILES string of the molecule is Oc1c(Cl)c(Oc2ccc(Cl)c3ccccc23)cc2ccccc12. The van der Waals surface area contributed by atoms with Crippen LogP contribution in [0.15, 0.2) is 66.7 Å². The molecular weight excluding hydrogens is 343 g/mol. The first-order valence-corrected chi connectivity index (χ1v) is 8.16. The van der Waals surface area contributed by atoms with E-state index in [0.29, 0.717) is 21.9 Å². The van der Waals surface area contributed by atoms with Crippen LogP contribution in [0.4, 0.5) is 0 Å². The van der Waals surface area contributed by atoms with Gasteiger partial charge in [-0.2, -0.15) is 0 Å². The lowest BCUT2D eigenvalue weighted by molar-refractivity contribution is 0.463. The largest absolute Gasteiger partial charge is 0.506 e. The van der Waals surface area contributed by atoms with Gasteiger partial charge in [0.2, 0.25) is 0 Å². The third kappa shape index (κ3) is 2.44. The van der Waals surface area contributed by atoms with Gasteiger partial charge in [-0.05, 0) is 23.6 Å². The Balaban J connectivity index is 1.89.